The number of nitrogens with two attached hydrogens (primary N) is 1. The van der Waals surface area contributed by atoms with Crippen LogP contribution in [0.3, 0.4) is 0 Å². The largest absolute Gasteiger partial charge is 0.384 e. The zero-order valence-corrected chi connectivity index (χ0v) is 10.5. The van der Waals surface area contributed by atoms with E-state index in [-0.39, 0.29) is 5.84 Å². The lowest BCUT2D eigenvalue weighted by Crippen LogP contribution is -2.15. The van der Waals surface area contributed by atoms with E-state index in [2.05, 4.69) is 9.97 Å². The molecule has 0 aliphatic heterocycles. The zero-order valence-electron chi connectivity index (χ0n) is 9.76. The second-order valence-electron chi connectivity index (χ2n) is 3.72. The molecule has 0 bridgehead atoms. The first kappa shape index (κ1) is 12.3. The number of aromatic nitrogens is 2. The highest BCUT2D eigenvalue weighted by Crippen LogP contribution is 2.27. The molecular weight excluding hydrogens is 250 g/mol. The minimum atomic E-state index is 0.0269. The van der Waals surface area contributed by atoms with Gasteiger partial charge in [-0.15, -0.1) is 0 Å². The van der Waals surface area contributed by atoms with E-state index in [1.54, 1.807) is 12.1 Å². The first-order chi connectivity index (χ1) is 8.59. The molecule has 0 amide bonds. The number of rotatable bonds is 3. The van der Waals surface area contributed by atoms with Gasteiger partial charge in [0.1, 0.15) is 17.2 Å². The molecule has 6 heteroatoms. The van der Waals surface area contributed by atoms with Gasteiger partial charge < -0.3 is 10.6 Å². The van der Waals surface area contributed by atoms with Crippen LogP contribution >= 0.6 is 11.6 Å². The molecule has 3 N–H and O–H groups in total. The first-order valence-corrected chi connectivity index (χ1v) is 5.61. The molecule has 0 aliphatic rings. The lowest BCUT2D eigenvalue weighted by atomic mass is 10.2. The highest BCUT2D eigenvalue weighted by molar-refractivity contribution is 6.32. The Morgan fingerprint density at radius 3 is 2.89 bits per heavy atom. The van der Waals surface area contributed by atoms with E-state index < -0.39 is 0 Å². The highest BCUT2D eigenvalue weighted by Gasteiger charge is 2.10. The number of benzene rings is 1. The molecule has 1 aromatic heterocycles. The maximum Gasteiger partial charge on any atom is 0.154 e. The third-order valence-electron chi connectivity index (χ3n) is 2.51. The Hall–Kier alpha value is -2.14. The van der Waals surface area contributed by atoms with Crippen molar-refractivity contribution in [1.29, 1.82) is 5.41 Å². The third kappa shape index (κ3) is 2.41. The maximum absolute atomic E-state index is 7.43. The summed E-state index contributed by atoms with van der Waals surface area (Å²) in [5, 5.41) is 7.89. The summed E-state index contributed by atoms with van der Waals surface area (Å²) in [5.41, 5.74) is 6.97. The quantitative estimate of drug-likeness (QED) is 0.656. The van der Waals surface area contributed by atoms with E-state index in [0.29, 0.717) is 16.4 Å². The summed E-state index contributed by atoms with van der Waals surface area (Å²) in [5.74, 6) is 0.631. The Kier molecular flexibility index (Phi) is 3.43. The summed E-state index contributed by atoms with van der Waals surface area (Å²) in [7, 11) is 1.84. The fraction of sp³-hybridized carbons (Fsp3) is 0.0833. The van der Waals surface area contributed by atoms with Gasteiger partial charge in [0.15, 0.2) is 5.82 Å². The van der Waals surface area contributed by atoms with Crippen LogP contribution in [0.5, 0.6) is 0 Å². The topological polar surface area (TPSA) is 78.9 Å². The van der Waals surface area contributed by atoms with Crippen molar-refractivity contribution in [1.82, 2.24) is 9.97 Å². The van der Waals surface area contributed by atoms with Crippen LogP contribution in [0.15, 0.2) is 36.8 Å². The summed E-state index contributed by atoms with van der Waals surface area (Å²) in [4.78, 5) is 9.79. The molecule has 0 saturated heterocycles. The van der Waals surface area contributed by atoms with Crippen LogP contribution in [-0.2, 0) is 0 Å². The molecule has 2 rings (SSSR count). The van der Waals surface area contributed by atoms with E-state index >= 15 is 0 Å². The average molecular weight is 262 g/mol. The van der Waals surface area contributed by atoms with Gasteiger partial charge >= 0.3 is 0 Å². The van der Waals surface area contributed by atoms with E-state index in [1.165, 1.54) is 12.5 Å². The van der Waals surface area contributed by atoms with Crippen LogP contribution in [0.4, 0.5) is 11.5 Å². The maximum atomic E-state index is 7.43. The Morgan fingerprint density at radius 1 is 1.44 bits per heavy atom. The van der Waals surface area contributed by atoms with Gasteiger partial charge in [-0.25, -0.2) is 9.97 Å². The van der Waals surface area contributed by atoms with E-state index in [1.807, 2.05) is 24.1 Å². The first-order valence-electron chi connectivity index (χ1n) is 5.23. The van der Waals surface area contributed by atoms with Gasteiger partial charge in [-0.1, -0.05) is 23.7 Å². The molecule has 0 unspecified atom stereocenters. The lowest BCUT2D eigenvalue weighted by molar-refractivity contribution is 1.08. The van der Waals surface area contributed by atoms with Crippen LogP contribution < -0.4 is 10.6 Å². The van der Waals surface area contributed by atoms with Gasteiger partial charge in [0.2, 0.25) is 0 Å². The molecule has 0 radical (unpaired) electrons. The molecule has 5 nitrogen and oxygen atoms in total. The summed E-state index contributed by atoms with van der Waals surface area (Å²) in [6.07, 6.45) is 2.97. The normalized spacial score (nSPS) is 10.1. The fourth-order valence-corrected chi connectivity index (χ4v) is 1.79. The number of anilines is 2. The second kappa shape index (κ2) is 5.01. The monoisotopic (exact) mass is 261 g/mol. The van der Waals surface area contributed by atoms with Crippen LogP contribution in [0.25, 0.3) is 0 Å². The van der Waals surface area contributed by atoms with Crippen molar-refractivity contribution in [2.45, 2.75) is 0 Å². The molecule has 92 valence electrons. The van der Waals surface area contributed by atoms with E-state index in [9.17, 15) is 0 Å². The van der Waals surface area contributed by atoms with E-state index in [0.717, 1.165) is 5.69 Å². The molecular formula is C12H12ClN5. The smallest absolute Gasteiger partial charge is 0.154 e. The number of nitrogens with zero attached hydrogens (tertiary/aromatic N) is 3. The Balaban J connectivity index is 2.40. The second-order valence-corrected chi connectivity index (χ2v) is 4.12. The minimum Gasteiger partial charge on any atom is -0.384 e. The molecule has 2 aromatic rings. The predicted octanol–water partition coefficient (Wildman–Crippen LogP) is 2.18. The van der Waals surface area contributed by atoms with Gasteiger partial charge in [0.25, 0.3) is 0 Å². The van der Waals surface area contributed by atoms with E-state index in [4.69, 9.17) is 22.7 Å². The number of hydrogen-bond acceptors (Lipinski definition) is 4. The van der Waals surface area contributed by atoms with Gasteiger partial charge in [-0.3, -0.25) is 5.41 Å². The SMILES string of the molecule is CN(c1cccc(C(=N)N)c1)c1ncncc1Cl. The number of hydrogen-bond donors (Lipinski definition) is 2. The fourth-order valence-electron chi connectivity index (χ4n) is 1.56. The molecule has 1 heterocycles. The molecule has 0 atom stereocenters. The molecule has 0 saturated carbocycles. The van der Waals surface area contributed by atoms with Gasteiger partial charge in [-0.05, 0) is 12.1 Å². The summed E-state index contributed by atoms with van der Waals surface area (Å²) >= 11 is 6.04. The molecule has 0 fully saturated rings. The summed E-state index contributed by atoms with van der Waals surface area (Å²) < 4.78 is 0. The molecule has 18 heavy (non-hydrogen) atoms. The number of halogens is 1. The van der Waals surface area contributed by atoms with Crippen LogP contribution in [0, 0.1) is 5.41 Å². The Morgan fingerprint density at radius 2 is 2.22 bits per heavy atom. The predicted molar refractivity (Wildman–Crippen MR) is 72.6 cm³/mol. The van der Waals surface area contributed by atoms with Gasteiger partial charge in [-0.2, -0.15) is 0 Å². The van der Waals surface area contributed by atoms with Crippen molar-refractivity contribution < 1.29 is 0 Å². The highest BCUT2D eigenvalue weighted by atomic mass is 35.5. The van der Waals surface area contributed by atoms with Crippen LogP contribution in [0.2, 0.25) is 5.02 Å². The summed E-state index contributed by atoms with van der Waals surface area (Å²) in [6, 6.07) is 7.31. The van der Waals surface area contributed by atoms with Crippen molar-refractivity contribution in [2.24, 2.45) is 5.73 Å². The van der Waals surface area contributed by atoms with Crippen LogP contribution in [-0.4, -0.2) is 22.9 Å². The number of amidine groups is 1. The average Bonchev–Trinajstić information content (AvgIpc) is 2.38. The third-order valence-corrected chi connectivity index (χ3v) is 2.78. The van der Waals surface area contributed by atoms with Crippen molar-refractivity contribution >= 4 is 28.9 Å². The van der Waals surface area contributed by atoms with Crippen molar-refractivity contribution in [2.75, 3.05) is 11.9 Å². The van der Waals surface area contributed by atoms with Crippen molar-refractivity contribution in [3.8, 4) is 0 Å². The standard InChI is InChI=1S/C12H12ClN5/c1-18(12-10(13)6-16-7-17-12)9-4-2-3-8(5-9)11(14)15/h2-7H,1H3,(H3,14,15). The van der Waals surface area contributed by atoms with Gasteiger partial charge in [0.05, 0.1) is 6.20 Å². The Labute approximate surface area is 110 Å². The zero-order chi connectivity index (χ0) is 13.1. The minimum absolute atomic E-state index is 0.0269. The number of nitrogen functional groups attached to an aromatic ring is 1. The molecule has 0 aliphatic carbocycles. The lowest BCUT2D eigenvalue weighted by Gasteiger charge is -2.19. The summed E-state index contributed by atoms with van der Waals surface area (Å²) in [6.45, 7) is 0. The Bertz CT molecular complexity index is 584. The van der Waals surface area contributed by atoms with Gasteiger partial charge in [0, 0.05) is 18.3 Å². The number of nitrogens with one attached hydrogen (secondary N) is 1. The van der Waals surface area contributed by atoms with Crippen LogP contribution in [0.1, 0.15) is 5.56 Å². The van der Waals surface area contributed by atoms with Crippen molar-refractivity contribution in [3.05, 3.63) is 47.4 Å². The molecule has 0 spiro atoms. The van der Waals surface area contributed by atoms with Crippen molar-refractivity contribution in [3.63, 3.8) is 0 Å². The molecule has 1 aromatic carbocycles.